The van der Waals surface area contributed by atoms with Crippen molar-refractivity contribution in [3.63, 3.8) is 0 Å². The summed E-state index contributed by atoms with van der Waals surface area (Å²) in [5.74, 6) is 1.67. The molecule has 1 aromatic heterocycles. The van der Waals surface area contributed by atoms with Gasteiger partial charge in [-0.2, -0.15) is 4.98 Å². The minimum atomic E-state index is 0.234. The van der Waals surface area contributed by atoms with E-state index >= 15 is 0 Å². The molecule has 90 valence electrons. The predicted octanol–water partition coefficient (Wildman–Crippen LogP) is 1.93. The minimum Gasteiger partial charge on any atom is -0.495 e. The highest BCUT2D eigenvalue weighted by atomic mass is 32.2. The van der Waals surface area contributed by atoms with Crippen molar-refractivity contribution in [1.29, 1.82) is 0 Å². The van der Waals surface area contributed by atoms with Gasteiger partial charge in [0.25, 0.3) is 0 Å². The van der Waals surface area contributed by atoms with Crippen LogP contribution in [0.5, 0.6) is 5.75 Å². The van der Waals surface area contributed by atoms with Gasteiger partial charge in [0.15, 0.2) is 0 Å². The van der Waals surface area contributed by atoms with Crippen LogP contribution >= 0.6 is 11.8 Å². The first-order valence-corrected chi connectivity index (χ1v) is 6.26. The van der Waals surface area contributed by atoms with Crippen LogP contribution in [0.2, 0.25) is 0 Å². The number of para-hydroxylation sites is 1. The number of hydrogen-bond acceptors (Lipinski definition) is 6. The van der Waals surface area contributed by atoms with Crippen LogP contribution < -0.4 is 10.5 Å². The van der Waals surface area contributed by atoms with Crippen molar-refractivity contribution < 1.29 is 9.26 Å². The van der Waals surface area contributed by atoms with E-state index in [0.717, 1.165) is 16.2 Å². The topological polar surface area (TPSA) is 74.2 Å². The monoisotopic (exact) mass is 251 g/mol. The minimum absolute atomic E-state index is 0.234. The fourth-order valence-corrected chi connectivity index (χ4v) is 2.10. The Hall–Kier alpha value is -1.53. The summed E-state index contributed by atoms with van der Waals surface area (Å²) in [5.41, 5.74) is 6.24. The quantitative estimate of drug-likeness (QED) is 0.837. The molecule has 6 heteroatoms. The van der Waals surface area contributed by atoms with E-state index in [1.165, 1.54) is 0 Å². The zero-order valence-corrected chi connectivity index (χ0v) is 10.5. The molecule has 5 nitrogen and oxygen atoms in total. The molecule has 0 radical (unpaired) electrons. The molecule has 0 aliphatic carbocycles. The van der Waals surface area contributed by atoms with Crippen LogP contribution in [0.4, 0.5) is 0 Å². The third kappa shape index (κ3) is 2.27. The van der Waals surface area contributed by atoms with Gasteiger partial charge in [-0.3, -0.25) is 0 Å². The van der Waals surface area contributed by atoms with E-state index in [9.17, 15) is 0 Å². The smallest absolute Gasteiger partial charge is 0.240 e. The van der Waals surface area contributed by atoms with Crippen LogP contribution in [-0.2, 0) is 6.54 Å². The molecule has 2 rings (SSSR count). The van der Waals surface area contributed by atoms with Crippen molar-refractivity contribution in [3.05, 3.63) is 24.1 Å². The largest absolute Gasteiger partial charge is 0.495 e. The average molecular weight is 251 g/mol. The van der Waals surface area contributed by atoms with Crippen molar-refractivity contribution in [1.82, 2.24) is 10.1 Å². The molecule has 0 atom stereocenters. The lowest BCUT2D eigenvalue weighted by atomic mass is 10.2. The van der Waals surface area contributed by atoms with E-state index in [1.54, 1.807) is 18.9 Å². The highest BCUT2D eigenvalue weighted by molar-refractivity contribution is 7.98. The zero-order valence-electron chi connectivity index (χ0n) is 9.64. The second-order valence-electron chi connectivity index (χ2n) is 3.26. The van der Waals surface area contributed by atoms with Crippen LogP contribution in [-0.4, -0.2) is 23.5 Å². The molecule has 0 saturated carbocycles. The Labute approximate surface area is 103 Å². The third-order valence-corrected chi connectivity index (χ3v) is 3.05. The average Bonchev–Trinajstić information content (AvgIpc) is 2.86. The normalized spacial score (nSPS) is 10.5. The second kappa shape index (κ2) is 5.20. The molecule has 2 N–H and O–H groups in total. The molecule has 0 bridgehead atoms. The van der Waals surface area contributed by atoms with Gasteiger partial charge < -0.3 is 15.0 Å². The molecule has 1 aromatic carbocycles. The number of methoxy groups -OCH3 is 1. The molecule has 0 aliphatic rings. The van der Waals surface area contributed by atoms with Gasteiger partial charge in [0.2, 0.25) is 11.7 Å². The molecule has 2 aromatic rings. The van der Waals surface area contributed by atoms with Crippen molar-refractivity contribution in [2.24, 2.45) is 5.73 Å². The van der Waals surface area contributed by atoms with Crippen LogP contribution in [0.25, 0.3) is 11.4 Å². The number of aromatic nitrogens is 2. The molecule has 0 amide bonds. The number of hydrogen-bond donors (Lipinski definition) is 1. The number of rotatable bonds is 4. The third-order valence-electron chi connectivity index (χ3n) is 2.29. The molecule has 0 aliphatic heterocycles. The maximum absolute atomic E-state index is 5.44. The van der Waals surface area contributed by atoms with Gasteiger partial charge in [-0.15, -0.1) is 11.8 Å². The van der Waals surface area contributed by atoms with Gasteiger partial charge in [-0.1, -0.05) is 11.2 Å². The SMILES string of the molecule is COc1c(SC)cccc1-c1noc(CN)n1. The van der Waals surface area contributed by atoms with Gasteiger partial charge in [-0.05, 0) is 18.4 Å². The highest BCUT2D eigenvalue weighted by Gasteiger charge is 2.15. The van der Waals surface area contributed by atoms with Gasteiger partial charge in [0.05, 0.1) is 19.2 Å². The van der Waals surface area contributed by atoms with Gasteiger partial charge >= 0.3 is 0 Å². The Bertz CT molecular complexity index is 513. The number of ether oxygens (including phenoxy) is 1. The fraction of sp³-hybridized carbons (Fsp3) is 0.273. The van der Waals surface area contributed by atoms with E-state index in [-0.39, 0.29) is 6.54 Å². The molecule has 17 heavy (non-hydrogen) atoms. The fourth-order valence-electron chi connectivity index (χ4n) is 1.51. The van der Waals surface area contributed by atoms with Gasteiger partial charge in [-0.25, -0.2) is 0 Å². The first-order valence-electron chi connectivity index (χ1n) is 5.04. The van der Waals surface area contributed by atoms with Crippen molar-refractivity contribution >= 4 is 11.8 Å². The van der Waals surface area contributed by atoms with E-state index in [2.05, 4.69) is 10.1 Å². The number of nitrogens with two attached hydrogens (primary N) is 1. The Morgan fingerprint density at radius 3 is 2.88 bits per heavy atom. The van der Waals surface area contributed by atoms with Crippen LogP contribution in [0.15, 0.2) is 27.6 Å². The first kappa shape index (κ1) is 11.9. The standard InChI is InChI=1S/C11H13N3O2S/c1-15-10-7(4-3-5-8(10)17-2)11-13-9(6-12)16-14-11/h3-5H,6,12H2,1-2H3. The first-order chi connectivity index (χ1) is 8.30. The molecular weight excluding hydrogens is 238 g/mol. The summed E-state index contributed by atoms with van der Waals surface area (Å²) in [7, 11) is 1.63. The van der Waals surface area contributed by atoms with Crippen LogP contribution in [0, 0.1) is 0 Å². The Kier molecular flexibility index (Phi) is 3.65. The van der Waals surface area contributed by atoms with E-state index in [4.69, 9.17) is 15.0 Å². The predicted molar refractivity (Wildman–Crippen MR) is 66.0 cm³/mol. The lowest BCUT2D eigenvalue weighted by Gasteiger charge is -2.09. The molecule has 0 fully saturated rings. The molecule has 0 unspecified atom stereocenters. The van der Waals surface area contributed by atoms with E-state index in [1.807, 2.05) is 24.5 Å². The van der Waals surface area contributed by atoms with E-state index < -0.39 is 0 Å². The lowest BCUT2D eigenvalue weighted by molar-refractivity contribution is 0.379. The van der Waals surface area contributed by atoms with Crippen LogP contribution in [0.3, 0.4) is 0 Å². The molecule has 0 spiro atoms. The maximum Gasteiger partial charge on any atom is 0.240 e. The highest BCUT2D eigenvalue weighted by Crippen LogP contribution is 2.36. The molecule has 1 heterocycles. The molecule has 0 saturated heterocycles. The van der Waals surface area contributed by atoms with Crippen molar-refractivity contribution in [2.75, 3.05) is 13.4 Å². The van der Waals surface area contributed by atoms with E-state index in [0.29, 0.717) is 11.7 Å². The number of nitrogens with zero attached hydrogens (tertiary/aromatic N) is 2. The van der Waals surface area contributed by atoms with Crippen LogP contribution in [0.1, 0.15) is 5.89 Å². The van der Waals surface area contributed by atoms with Gasteiger partial charge in [0.1, 0.15) is 5.75 Å². The maximum atomic E-state index is 5.44. The van der Waals surface area contributed by atoms with Crippen molar-refractivity contribution in [2.45, 2.75) is 11.4 Å². The summed E-state index contributed by atoms with van der Waals surface area (Å²) in [6.07, 6.45) is 1.99. The molecular formula is C11H13N3O2S. The summed E-state index contributed by atoms with van der Waals surface area (Å²) in [5, 5.41) is 3.89. The summed E-state index contributed by atoms with van der Waals surface area (Å²) in [6, 6.07) is 5.81. The summed E-state index contributed by atoms with van der Waals surface area (Å²) >= 11 is 1.61. The lowest BCUT2D eigenvalue weighted by Crippen LogP contribution is -1.96. The Balaban J connectivity index is 2.50. The Morgan fingerprint density at radius 2 is 2.29 bits per heavy atom. The van der Waals surface area contributed by atoms with Crippen molar-refractivity contribution in [3.8, 4) is 17.1 Å². The number of benzene rings is 1. The number of thioether (sulfide) groups is 1. The Morgan fingerprint density at radius 1 is 1.47 bits per heavy atom. The van der Waals surface area contributed by atoms with Gasteiger partial charge in [0, 0.05) is 4.90 Å². The summed E-state index contributed by atoms with van der Waals surface area (Å²) in [4.78, 5) is 5.22. The second-order valence-corrected chi connectivity index (χ2v) is 4.11. The summed E-state index contributed by atoms with van der Waals surface area (Å²) in [6.45, 7) is 0.234. The zero-order chi connectivity index (χ0) is 12.3. The summed E-state index contributed by atoms with van der Waals surface area (Å²) < 4.78 is 10.4.